The number of hydrogen-bond donors (Lipinski definition) is 1. The fourth-order valence-corrected chi connectivity index (χ4v) is 6.63. The fraction of sp³-hybridized carbons (Fsp3) is 0.469. The third-order valence-electron chi connectivity index (χ3n) is 8.20. The lowest BCUT2D eigenvalue weighted by atomic mass is 10.0. The van der Waals surface area contributed by atoms with E-state index in [2.05, 4.69) is 5.32 Å². The zero-order valence-corrected chi connectivity index (χ0v) is 24.2. The normalized spacial score (nSPS) is 17.5. The SMILES string of the molecule is O=C(CCNC1(COCCOc2ccccc2)CC1)N1CCc2nc(SC3CCC3)n(-c3ccccc3)c(=O)c2C1. The van der Waals surface area contributed by atoms with Crippen LogP contribution in [0, 0.1) is 0 Å². The second-order valence-corrected chi connectivity index (χ2v) is 12.5. The zero-order chi connectivity index (χ0) is 28.1. The first-order valence-electron chi connectivity index (χ1n) is 14.8. The molecule has 0 unspecified atom stereocenters. The van der Waals surface area contributed by atoms with Gasteiger partial charge in [0.25, 0.3) is 5.56 Å². The van der Waals surface area contributed by atoms with Crippen molar-refractivity contribution in [2.24, 2.45) is 0 Å². The lowest BCUT2D eigenvalue weighted by Crippen LogP contribution is -2.43. The van der Waals surface area contributed by atoms with Gasteiger partial charge in [-0.25, -0.2) is 4.98 Å². The molecule has 2 heterocycles. The molecule has 1 amide bonds. The number of carbonyl (C=O) groups is 1. The highest BCUT2D eigenvalue weighted by atomic mass is 32.2. The fourth-order valence-electron chi connectivity index (χ4n) is 5.31. The quantitative estimate of drug-likeness (QED) is 0.240. The van der Waals surface area contributed by atoms with Crippen LogP contribution in [0.15, 0.2) is 70.6 Å². The summed E-state index contributed by atoms with van der Waals surface area (Å²) in [7, 11) is 0. The number of nitrogens with one attached hydrogen (secondary N) is 1. The van der Waals surface area contributed by atoms with E-state index in [1.165, 1.54) is 19.3 Å². The molecule has 1 aliphatic heterocycles. The lowest BCUT2D eigenvalue weighted by Gasteiger charge is -2.30. The average Bonchev–Trinajstić information content (AvgIpc) is 3.75. The predicted octanol–water partition coefficient (Wildman–Crippen LogP) is 4.37. The van der Waals surface area contributed by atoms with Crippen molar-refractivity contribution >= 4 is 17.7 Å². The van der Waals surface area contributed by atoms with Crippen LogP contribution in [0.2, 0.25) is 0 Å². The van der Waals surface area contributed by atoms with E-state index in [0.29, 0.717) is 63.1 Å². The monoisotopic (exact) mass is 574 g/mol. The van der Waals surface area contributed by atoms with Crippen LogP contribution in [-0.4, -0.2) is 64.1 Å². The average molecular weight is 575 g/mol. The van der Waals surface area contributed by atoms with Crippen molar-refractivity contribution in [1.82, 2.24) is 19.8 Å². The van der Waals surface area contributed by atoms with Gasteiger partial charge < -0.3 is 19.7 Å². The van der Waals surface area contributed by atoms with E-state index in [9.17, 15) is 9.59 Å². The maximum atomic E-state index is 13.8. The van der Waals surface area contributed by atoms with E-state index < -0.39 is 0 Å². The number of thioether (sulfide) groups is 1. The Morgan fingerprint density at radius 3 is 2.51 bits per heavy atom. The van der Waals surface area contributed by atoms with Gasteiger partial charge in [-0.1, -0.05) is 54.6 Å². The molecule has 2 aromatic carbocycles. The van der Waals surface area contributed by atoms with Crippen molar-refractivity contribution in [3.63, 3.8) is 0 Å². The highest BCUT2D eigenvalue weighted by molar-refractivity contribution is 7.99. The van der Waals surface area contributed by atoms with Crippen LogP contribution in [0.3, 0.4) is 0 Å². The molecule has 0 atom stereocenters. The van der Waals surface area contributed by atoms with Gasteiger partial charge in [-0.05, 0) is 49.9 Å². The summed E-state index contributed by atoms with van der Waals surface area (Å²) >= 11 is 1.72. The van der Waals surface area contributed by atoms with Gasteiger partial charge in [-0.3, -0.25) is 14.2 Å². The maximum Gasteiger partial charge on any atom is 0.264 e. The Balaban J connectivity index is 1.02. The Kier molecular flexibility index (Phi) is 8.74. The van der Waals surface area contributed by atoms with Crippen LogP contribution in [0.4, 0.5) is 0 Å². The van der Waals surface area contributed by atoms with Crippen molar-refractivity contribution < 1.29 is 14.3 Å². The third kappa shape index (κ3) is 6.85. The topological polar surface area (TPSA) is 85.7 Å². The molecular weight excluding hydrogens is 536 g/mol. The van der Waals surface area contributed by atoms with Crippen molar-refractivity contribution in [2.75, 3.05) is 32.9 Å². The lowest BCUT2D eigenvalue weighted by molar-refractivity contribution is -0.132. The Hall–Kier alpha value is -3.14. The molecule has 8 nitrogen and oxygen atoms in total. The molecule has 216 valence electrons. The van der Waals surface area contributed by atoms with Crippen LogP contribution in [0.5, 0.6) is 5.75 Å². The van der Waals surface area contributed by atoms with Crippen LogP contribution in [0.1, 0.15) is 49.8 Å². The molecule has 3 aliphatic rings. The van der Waals surface area contributed by atoms with E-state index in [1.54, 1.807) is 16.3 Å². The van der Waals surface area contributed by atoms with Gasteiger partial charge in [0.1, 0.15) is 12.4 Å². The highest BCUT2D eigenvalue weighted by Crippen LogP contribution is 2.37. The number of para-hydroxylation sites is 2. The second kappa shape index (κ2) is 12.8. The number of ether oxygens (including phenoxy) is 2. The summed E-state index contributed by atoms with van der Waals surface area (Å²) in [5.41, 5.74) is 2.22. The first-order valence-corrected chi connectivity index (χ1v) is 15.6. The van der Waals surface area contributed by atoms with Gasteiger partial charge >= 0.3 is 0 Å². The molecule has 3 aromatic rings. The number of rotatable bonds is 13. The van der Waals surface area contributed by atoms with Crippen molar-refractivity contribution in [2.45, 2.75) is 67.4 Å². The Morgan fingerprint density at radius 2 is 1.80 bits per heavy atom. The van der Waals surface area contributed by atoms with Crippen molar-refractivity contribution in [3.05, 3.63) is 82.3 Å². The van der Waals surface area contributed by atoms with Crippen LogP contribution < -0.4 is 15.6 Å². The van der Waals surface area contributed by atoms with E-state index in [0.717, 1.165) is 35.1 Å². The van der Waals surface area contributed by atoms with Crippen LogP contribution in [-0.2, 0) is 22.5 Å². The number of benzene rings is 2. The minimum Gasteiger partial charge on any atom is -0.491 e. The molecule has 2 saturated carbocycles. The third-order valence-corrected chi connectivity index (χ3v) is 9.49. The van der Waals surface area contributed by atoms with Gasteiger partial charge in [-0.15, -0.1) is 0 Å². The first-order chi connectivity index (χ1) is 20.1. The molecule has 1 aromatic heterocycles. The molecule has 0 spiro atoms. The van der Waals surface area contributed by atoms with E-state index in [4.69, 9.17) is 14.5 Å². The summed E-state index contributed by atoms with van der Waals surface area (Å²) < 4.78 is 13.3. The number of carbonyl (C=O) groups excluding carboxylic acids is 1. The number of hydrogen-bond acceptors (Lipinski definition) is 7. The Bertz CT molecular complexity index is 1390. The van der Waals surface area contributed by atoms with E-state index in [-0.39, 0.29) is 17.0 Å². The smallest absolute Gasteiger partial charge is 0.264 e. The van der Waals surface area contributed by atoms with Gasteiger partial charge in [0.2, 0.25) is 5.91 Å². The minimum atomic E-state index is -0.0519. The van der Waals surface area contributed by atoms with Gasteiger partial charge in [0.15, 0.2) is 5.16 Å². The number of amides is 1. The molecule has 6 rings (SSSR count). The number of nitrogens with zero attached hydrogens (tertiary/aromatic N) is 3. The Morgan fingerprint density at radius 1 is 1.05 bits per heavy atom. The molecule has 9 heteroatoms. The first kappa shape index (κ1) is 28.0. The highest BCUT2D eigenvalue weighted by Gasteiger charge is 2.42. The molecule has 0 radical (unpaired) electrons. The molecule has 0 saturated heterocycles. The van der Waals surface area contributed by atoms with Gasteiger partial charge in [0, 0.05) is 36.7 Å². The largest absolute Gasteiger partial charge is 0.491 e. The standard InChI is InChI=1S/C32H38N4O4S/c37-29(14-18-33-32(16-17-32)23-39-20-21-40-25-10-5-2-6-11-25)35-19-15-28-27(22-35)30(38)36(24-8-3-1-4-9-24)31(34-28)41-26-12-7-13-26/h1-6,8-11,26,33H,7,12-23H2. The summed E-state index contributed by atoms with van der Waals surface area (Å²) in [6.45, 7) is 3.15. The Labute approximate surface area is 245 Å². The van der Waals surface area contributed by atoms with E-state index in [1.807, 2.05) is 65.6 Å². The van der Waals surface area contributed by atoms with Gasteiger partial charge in [-0.2, -0.15) is 0 Å². The molecule has 2 aliphatic carbocycles. The molecule has 41 heavy (non-hydrogen) atoms. The summed E-state index contributed by atoms with van der Waals surface area (Å²) in [6.07, 6.45) is 6.66. The number of aromatic nitrogens is 2. The van der Waals surface area contributed by atoms with Crippen LogP contribution >= 0.6 is 11.8 Å². The van der Waals surface area contributed by atoms with Crippen molar-refractivity contribution in [3.8, 4) is 11.4 Å². The van der Waals surface area contributed by atoms with E-state index >= 15 is 0 Å². The second-order valence-electron chi connectivity index (χ2n) is 11.2. The molecule has 0 bridgehead atoms. The van der Waals surface area contributed by atoms with Crippen molar-refractivity contribution in [1.29, 1.82) is 0 Å². The molecule has 2 fully saturated rings. The summed E-state index contributed by atoms with van der Waals surface area (Å²) in [5, 5.41) is 4.85. The summed E-state index contributed by atoms with van der Waals surface area (Å²) in [5.74, 6) is 0.909. The molecular formula is C32H38N4O4S. The molecule has 1 N–H and O–H groups in total. The van der Waals surface area contributed by atoms with Crippen LogP contribution in [0.25, 0.3) is 5.69 Å². The zero-order valence-electron chi connectivity index (χ0n) is 23.4. The minimum absolute atomic E-state index is 0.0383. The maximum absolute atomic E-state index is 13.8. The number of fused-ring (bicyclic) bond motifs is 1. The summed E-state index contributed by atoms with van der Waals surface area (Å²) in [6, 6.07) is 19.5. The summed E-state index contributed by atoms with van der Waals surface area (Å²) in [4.78, 5) is 33.8. The van der Waals surface area contributed by atoms with Gasteiger partial charge in [0.05, 0.1) is 36.7 Å². The predicted molar refractivity (Wildman–Crippen MR) is 160 cm³/mol.